The van der Waals surface area contributed by atoms with Crippen molar-refractivity contribution < 1.29 is 9.90 Å². The average Bonchev–Trinajstić information content (AvgIpc) is 3.44. The number of rotatable bonds is 10. The Morgan fingerprint density at radius 1 is 1.11 bits per heavy atom. The second-order valence-electron chi connectivity index (χ2n) is 7.87. The van der Waals surface area contributed by atoms with E-state index in [-0.39, 0.29) is 42.4 Å². The Balaban J connectivity index is 0.00000364. The molecule has 0 aromatic heterocycles. The van der Waals surface area contributed by atoms with Crippen molar-refractivity contribution in [2.75, 3.05) is 19.7 Å². The summed E-state index contributed by atoms with van der Waals surface area (Å²) in [6.45, 7) is 6.03. The van der Waals surface area contributed by atoms with Crippen LogP contribution in [0.2, 0.25) is 0 Å². The lowest BCUT2D eigenvalue weighted by atomic mass is 9.85. The van der Waals surface area contributed by atoms with Crippen LogP contribution in [-0.2, 0) is 4.79 Å². The van der Waals surface area contributed by atoms with Crippen molar-refractivity contribution >= 4 is 35.8 Å². The van der Waals surface area contributed by atoms with Gasteiger partial charge in [-0.15, -0.1) is 24.0 Å². The smallest absolute Gasteiger partial charge is 0.223 e. The highest BCUT2D eigenvalue weighted by Crippen LogP contribution is 2.26. The largest absolute Gasteiger partial charge is 0.396 e. The van der Waals surface area contributed by atoms with Crippen LogP contribution in [0.4, 0.5) is 0 Å². The van der Waals surface area contributed by atoms with Crippen molar-refractivity contribution in [3.8, 4) is 0 Å². The van der Waals surface area contributed by atoms with Crippen LogP contribution in [0, 0.1) is 11.8 Å². The first-order valence-electron chi connectivity index (χ1n) is 10.6. The quantitative estimate of drug-likeness (QED) is 0.214. The number of guanidine groups is 1. The maximum Gasteiger partial charge on any atom is 0.223 e. The van der Waals surface area contributed by atoms with Crippen molar-refractivity contribution in [1.29, 1.82) is 0 Å². The molecule has 6 nitrogen and oxygen atoms in total. The van der Waals surface area contributed by atoms with Crippen LogP contribution in [0.3, 0.4) is 0 Å². The first kappa shape index (κ1) is 24.5. The maximum atomic E-state index is 12.4. The van der Waals surface area contributed by atoms with E-state index in [9.17, 15) is 9.90 Å². The number of aliphatic hydroxyl groups excluding tert-OH is 1. The molecule has 0 aromatic rings. The molecule has 3 unspecified atom stereocenters. The fourth-order valence-electron chi connectivity index (χ4n) is 3.76. The molecule has 0 aromatic carbocycles. The van der Waals surface area contributed by atoms with E-state index < -0.39 is 0 Å². The van der Waals surface area contributed by atoms with E-state index in [1.54, 1.807) is 0 Å². The number of aliphatic hydroxyl groups is 1. The molecule has 0 heterocycles. The van der Waals surface area contributed by atoms with E-state index >= 15 is 0 Å². The normalized spacial score (nSPS) is 23.9. The van der Waals surface area contributed by atoms with Crippen LogP contribution >= 0.6 is 24.0 Å². The fraction of sp³-hybridized carbons (Fsp3) is 0.900. The Morgan fingerprint density at radius 3 is 2.52 bits per heavy atom. The zero-order valence-corrected chi connectivity index (χ0v) is 19.3. The first-order chi connectivity index (χ1) is 12.7. The topological polar surface area (TPSA) is 85.8 Å². The molecular formula is C20H39IN4O2. The lowest BCUT2D eigenvalue weighted by Crippen LogP contribution is -2.47. The summed E-state index contributed by atoms with van der Waals surface area (Å²) < 4.78 is 0. The molecule has 2 aliphatic rings. The van der Waals surface area contributed by atoms with E-state index in [0.29, 0.717) is 18.0 Å². The van der Waals surface area contributed by atoms with Crippen molar-refractivity contribution in [1.82, 2.24) is 16.0 Å². The van der Waals surface area contributed by atoms with Gasteiger partial charge in [0, 0.05) is 37.7 Å². The van der Waals surface area contributed by atoms with Crippen molar-refractivity contribution in [2.45, 2.75) is 83.7 Å². The van der Waals surface area contributed by atoms with Crippen LogP contribution in [0.25, 0.3) is 0 Å². The SMILES string of the molecule is CCCC(CCO)CN=C(NCC)NC1CCCC(C(=O)NC2CC2)C1.I. The molecule has 0 bridgehead atoms. The molecule has 7 heteroatoms. The highest BCUT2D eigenvalue weighted by Gasteiger charge is 2.31. The van der Waals surface area contributed by atoms with Gasteiger partial charge in [-0.05, 0) is 57.8 Å². The summed E-state index contributed by atoms with van der Waals surface area (Å²) in [6, 6.07) is 0.746. The third-order valence-electron chi connectivity index (χ3n) is 5.40. The summed E-state index contributed by atoms with van der Waals surface area (Å²) in [6.07, 6.45) is 9.37. The lowest BCUT2D eigenvalue weighted by molar-refractivity contribution is -0.126. The molecule has 2 aliphatic carbocycles. The minimum atomic E-state index is 0. The van der Waals surface area contributed by atoms with Gasteiger partial charge in [0.2, 0.25) is 5.91 Å². The van der Waals surface area contributed by atoms with Crippen molar-refractivity contribution in [3.63, 3.8) is 0 Å². The van der Waals surface area contributed by atoms with E-state index in [0.717, 1.165) is 76.8 Å². The van der Waals surface area contributed by atoms with Gasteiger partial charge in [-0.2, -0.15) is 0 Å². The number of hydrogen-bond donors (Lipinski definition) is 4. The molecule has 0 aliphatic heterocycles. The second-order valence-corrected chi connectivity index (χ2v) is 7.87. The number of nitrogens with one attached hydrogen (secondary N) is 3. The molecule has 1 amide bonds. The van der Waals surface area contributed by atoms with Gasteiger partial charge >= 0.3 is 0 Å². The van der Waals surface area contributed by atoms with E-state index in [1.807, 2.05) is 0 Å². The number of carbonyl (C=O) groups excluding carboxylic acids is 1. The van der Waals surface area contributed by atoms with Gasteiger partial charge < -0.3 is 21.1 Å². The molecule has 4 N–H and O–H groups in total. The molecule has 0 spiro atoms. The number of nitrogens with zero attached hydrogens (tertiary/aromatic N) is 1. The molecule has 2 fully saturated rings. The summed E-state index contributed by atoms with van der Waals surface area (Å²) in [7, 11) is 0. The van der Waals surface area contributed by atoms with Crippen molar-refractivity contribution in [2.24, 2.45) is 16.8 Å². The molecule has 27 heavy (non-hydrogen) atoms. The molecule has 0 saturated heterocycles. The van der Waals surface area contributed by atoms with Gasteiger partial charge in [0.15, 0.2) is 5.96 Å². The zero-order valence-electron chi connectivity index (χ0n) is 17.0. The van der Waals surface area contributed by atoms with Gasteiger partial charge in [-0.1, -0.05) is 19.8 Å². The van der Waals surface area contributed by atoms with Crippen LogP contribution in [0.1, 0.15) is 71.6 Å². The van der Waals surface area contributed by atoms with Gasteiger partial charge in [0.1, 0.15) is 0 Å². The van der Waals surface area contributed by atoms with Gasteiger partial charge in [-0.3, -0.25) is 9.79 Å². The first-order valence-corrected chi connectivity index (χ1v) is 10.6. The Hall–Kier alpha value is -0.570. The highest BCUT2D eigenvalue weighted by atomic mass is 127. The Labute approximate surface area is 181 Å². The van der Waals surface area contributed by atoms with Crippen LogP contribution in [0.15, 0.2) is 4.99 Å². The van der Waals surface area contributed by atoms with E-state index in [2.05, 4.69) is 29.8 Å². The number of hydrogen-bond acceptors (Lipinski definition) is 3. The predicted octanol–water partition coefficient (Wildman–Crippen LogP) is 2.80. The summed E-state index contributed by atoms with van der Waals surface area (Å²) in [4.78, 5) is 17.1. The fourth-order valence-corrected chi connectivity index (χ4v) is 3.76. The number of amides is 1. The summed E-state index contributed by atoms with van der Waals surface area (Å²) in [5.74, 6) is 1.66. The van der Waals surface area contributed by atoms with Crippen LogP contribution in [-0.4, -0.2) is 48.8 Å². The number of carbonyl (C=O) groups is 1. The second kappa shape index (κ2) is 13.6. The highest BCUT2D eigenvalue weighted by molar-refractivity contribution is 14.0. The zero-order chi connectivity index (χ0) is 18.8. The molecule has 158 valence electrons. The third-order valence-corrected chi connectivity index (χ3v) is 5.40. The Morgan fingerprint density at radius 2 is 1.89 bits per heavy atom. The molecular weight excluding hydrogens is 455 g/mol. The number of aliphatic imine (C=N–C) groups is 1. The predicted molar refractivity (Wildman–Crippen MR) is 122 cm³/mol. The minimum absolute atomic E-state index is 0. The van der Waals surface area contributed by atoms with Gasteiger partial charge in [0.05, 0.1) is 0 Å². The Kier molecular flexibility index (Phi) is 12.3. The van der Waals surface area contributed by atoms with Gasteiger partial charge in [-0.25, -0.2) is 0 Å². The van der Waals surface area contributed by atoms with Gasteiger partial charge in [0.25, 0.3) is 0 Å². The van der Waals surface area contributed by atoms with Crippen LogP contribution in [0.5, 0.6) is 0 Å². The summed E-state index contributed by atoms with van der Waals surface area (Å²) >= 11 is 0. The van der Waals surface area contributed by atoms with E-state index in [4.69, 9.17) is 4.99 Å². The summed E-state index contributed by atoms with van der Waals surface area (Å²) in [5, 5.41) is 19.3. The minimum Gasteiger partial charge on any atom is -0.396 e. The molecule has 2 rings (SSSR count). The molecule has 2 saturated carbocycles. The summed E-state index contributed by atoms with van der Waals surface area (Å²) in [5.41, 5.74) is 0. The van der Waals surface area contributed by atoms with E-state index in [1.165, 1.54) is 0 Å². The van der Waals surface area contributed by atoms with Crippen molar-refractivity contribution in [3.05, 3.63) is 0 Å². The third kappa shape index (κ3) is 9.45. The van der Waals surface area contributed by atoms with Crippen LogP contribution < -0.4 is 16.0 Å². The molecule has 0 radical (unpaired) electrons. The number of halogens is 1. The molecule has 3 atom stereocenters. The Bertz CT molecular complexity index is 451. The standard InChI is InChI=1S/C20H38N4O2.HI/c1-3-6-15(11-12-25)14-22-20(21-4-2)24-18-8-5-7-16(13-18)19(26)23-17-9-10-17;/h15-18,25H,3-14H2,1-2H3,(H,23,26)(H2,21,22,24);1H. The average molecular weight is 494 g/mol. The monoisotopic (exact) mass is 494 g/mol. The maximum absolute atomic E-state index is 12.4. The lowest BCUT2D eigenvalue weighted by Gasteiger charge is -2.30.